The number of primary amides is 1. The normalized spacial score (nSPS) is 12.2. The van der Waals surface area contributed by atoms with Gasteiger partial charge in [0.15, 0.2) is 0 Å². The highest BCUT2D eigenvalue weighted by atomic mass is 19.4. The van der Waals surface area contributed by atoms with Crippen LogP contribution in [0, 0.1) is 11.8 Å². The summed E-state index contributed by atoms with van der Waals surface area (Å²) >= 11 is 0. The van der Waals surface area contributed by atoms with Gasteiger partial charge < -0.3 is 10.5 Å². The summed E-state index contributed by atoms with van der Waals surface area (Å²) in [6, 6.07) is 13.1. The first-order chi connectivity index (χ1) is 13.7. The Morgan fingerprint density at radius 1 is 1.03 bits per heavy atom. The molecule has 0 fully saturated rings. The monoisotopic (exact) mass is 397 g/mol. The zero-order valence-corrected chi connectivity index (χ0v) is 15.8. The third-order valence-corrected chi connectivity index (χ3v) is 4.53. The van der Waals surface area contributed by atoms with E-state index in [0.29, 0.717) is 22.3 Å². The summed E-state index contributed by atoms with van der Waals surface area (Å²) in [5.74, 6) is 5.80. The van der Waals surface area contributed by atoms with Gasteiger partial charge >= 0.3 is 6.18 Å². The molecule has 0 aromatic heterocycles. The Kier molecular flexibility index (Phi) is 5.51. The van der Waals surface area contributed by atoms with Gasteiger partial charge in [-0.05, 0) is 67.3 Å². The van der Waals surface area contributed by atoms with E-state index in [1.165, 1.54) is 12.1 Å². The maximum absolute atomic E-state index is 12.8. The predicted molar refractivity (Wildman–Crippen MR) is 106 cm³/mol. The lowest BCUT2D eigenvalue weighted by molar-refractivity contribution is -0.137. The standard InChI is InChI=1S/C23H18F3NO2/c1-3-5-14(2)21-18-6-4-7-20(17(18)12-13-19(21)22(27)28)29-16-10-8-15(9-11-16)23(24,25)26/h4,6-14H,1-2H3,(H2,27,28). The summed E-state index contributed by atoms with van der Waals surface area (Å²) in [6.07, 6.45) is -4.41. The van der Waals surface area contributed by atoms with Gasteiger partial charge in [-0.1, -0.05) is 18.1 Å². The van der Waals surface area contributed by atoms with Crippen LogP contribution in [0.5, 0.6) is 11.5 Å². The predicted octanol–water partition coefficient (Wildman–Crippen LogP) is 5.88. The van der Waals surface area contributed by atoms with Gasteiger partial charge in [-0.15, -0.1) is 5.92 Å². The quantitative estimate of drug-likeness (QED) is 0.559. The van der Waals surface area contributed by atoms with E-state index >= 15 is 0 Å². The average molecular weight is 397 g/mol. The van der Waals surface area contributed by atoms with Crippen molar-refractivity contribution in [2.45, 2.75) is 25.9 Å². The Morgan fingerprint density at radius 2 is 1.72 bits per heavy atom. The maximum Gasteiger partial charge on any atom is 0.416 e. The second-order valence-electron chi connectivity index (χ2n) is 6.48. The van der Waals surface area contributed by atoms with Gasteiger partial charge in [0.2, 0.25) is 5.91 Å². The summed E-state index contributed by atoms with van der Waals surface area (Å²) < 4.78 is 44.1. The van der Waals surface area contributed by atoms with Crippen molar-refractivity contribution in [1.29, 1.82) is 0 Å². The fourth-order valence-corrected chi connectivity index (χ4v) is 3.25. The van der Waals surface area contributed by atoms with Gasteiger partial charge in [-0.25, -0.2) is 0 Å². The molecule has 3 rings (SSSR count). The molecule has 0 radical (unpaired) electrons. The number of hydrogen-bond donors (Lipinski definition) is 1. The van der Waals surface area contributed by atoms with Crippen molar-refractivity contribution in [3.63, 3.8) is 0 Å². The Balaban J connectivity index is 2.09. The van der Waals surface area contributed by atoms with E-state index < -0.39 is 17.6 Å². The molecule has 1 atom stereocenters. The van der Waals surface area contributed by atoms with Crippen LogP contribution in [0.1, 0.15) is 41.3 Å². The molecule has 0 aliphatic rings. The highest BCUT2D eigenvalue weighted by Crippen LogP contribution is 2.37. The molecule has 3 aromatic carbocycles. The van der Waals surface area contributed by atoms with Crippen molar-refractivity contribution >= 4 is 16.7 Å². The number of ether oxygens (including phenoxy) is 1. The molecule has 0 spiro atoms. The maximum atomic E-state index is 12.8. The molecule has 0 saturated heterocycles. The van der Waals surface area contributed by atoms with E-state index in [-0.39, 0.29) is 11.7 Å². The number of hydrogen-bond acceptors (Lipinski definition) is 2. The first-order valence-corrected chi connectivity index (χ1v) is 8.85. The highest BCUT2D eigenvalue weighted by molar-refractivity contribution is 6.02. The number of amides is 1. The van der Waals surface area contributed by atoms with Crippen LogP contribution in [0.3, 0.4) is 0 Å². The summed E-state index contributed by atoms with van der Waals surface area (Å²) in [4.78, 5) is 11.9. The summed E-state index contributed by atoms with van der Waals surface area (Å²) in [6.45, 7) is 3.59. The Labute approximate surface area is 166 Å². The Hall–Kier alpha value is -3.46. The van der Waals surface area contributed by atoms with Crippen LogP contribution in [0.2, 0.25) is 0 Å². The third kappa shape index (κ3) is 4.19. The first-order valence-electron chi connectivity index (χ1n) is 8.85. The van der Waals surface area contributed by atoms with E-state index in [1.807, 2.05) is 13.0 Å². The molecule has 29 heavy (non-hydrogen) atoms. The summed E-state index contributed by atoms with van der Waals surface area (Å²) in [7, 11) is 0. The molecule has 2 N–H and O–H groups in total. The van der Waals surface area contributed by atoms with Crippen LogP contribution in [0.4, 0.5) is 13.2 Å². The number of fused-ring (bicyclic) bond motifs is 1. The Bertz CT molecular complexity index is 1120. The lowest BCUT2D eigenvalue weighted by Crippen LogP contribution is -2.15. The zero-order chi connectivity index (χ0) is 21.2. The third-order valence-electron chi connectivity index (χ3n) is 4.53. The van der Waals surface area contributed by atoms with Gasteiger partial charge in [-0.2, -0.15) is 13.2 Å². The molecule has 3 nitrogen and oxygen atoms in total. The Morgan fingerprint density at radius 3 is 2.31 bits per heavy atom. The molecule has 148 valence electrons. The van der Waals surface area contributed by atoms with E-state index in [4.69, 9.17) is 10.5 Å². The number of carbonyl (C=O) groups is 1. The van der Waals surface area contributed by atoms with Crippen molar-refractivity contribution in [2.75, 3.05) is 0 Å². The number of rotatable bonds is 4. The second kappa shape index (κ2) is 7.88. The van der Waals surface area contributed by atoms with Crippen LogP contribution in [-0.2, 0) is 6.18 Å². The first kappa shape index (κ1) is 20.3. The molecule has 0 saturated carbocycles. The number of halogens is 3. The second-order valence-corrected chi connectivity index (χ2v) is 6.48. The summed E-state index contributed by atoms with van der Waals surface area (Å²) in [5, 5.41) is 1.46. The van der Waals surface area contributed by atoms with Gasteiger partial charge in [0, 0.05) is 16.9 Å². The SMILES string of the molecule is CC#CC(C)c1c(C(N)=O)ccc2c(Oc3ccc(C(F)(F)F)cc3)cccc12. The molecule has 1 amide bonds. The largest absolute Gasteiger partial charge is 0.457 e. The van der Waals surface area contributed by atoms with Gasteiger partial charge in [0.25, 0.3) is 0 Å². The van der Waals surface area contributed by atoms with Crippen LogP contribution in [0.25, 0.3) is 10.8 Å². The fourth-order valence-electron chi connectivity index (χ4n) is 3.25. The van der Waals surface area contributed by atoms with Gasteiger partial charge in [0.05, 0.1) is 5.56 Å². The van der Waals surface area contributed by atoms with Crippen LogP contribution in [0.15, 0.2) is 54.6 Å². The average Bonchev–Trinajstić information content (AvgIpc) is 2.67. The molecule has 0 aliphatic heterocycles. The van der Waals surface area contributed by atoms with Crippen molar-refractivity contribution in [2.24, 2.45) is 5.73 Å². The number of carbonyl (C=O) groups excluding carboxylic acids is 1. The molecule has 0 heterocycles. The smallest absolute Gasteiger partial charge is 0.416 e. The molecule has 6 heteroatoms. The molecule has 0 bridgehead atoms. The minimum absolute atomic E-state index is 0.243. The van der Waals surface area contributed by atoms with Gasteiger partial charge in [-0.3, -0.25) is 4.79 Å². The van der Waals surface area contributed by atoms with Crippen molar-refractivity contribution in [3.05, 3.63) is 71.3 Å². The van der Waals surface area contributed by atoms with E-state index in [9.17, 15) is 18.0 Å². The van der Waals surface area contributed by atoms with E-state index in [2.05, 4.69) is 11.8 Å². The van der Waals surface area contributed by atoms with Crippen LogP contribution < -0.4 is 10.5 Å². The fraction of sp³-hybridized carbons (Fsp3) is 0.174. The van der Waals surface area contributed by atoms with E-state index in [0.717, 1.165) is 17.5 Å². The summed E-state index contributed by atoms with van der Waals surface area (Å²) in [5.41, 5.74) is 5.86. The number of alkyl halides is 3. The molecule has 0 aliphatic carbocycles. The van der Waals surface area contributed by atoms with Gasteiger partial charge in [0.1, 0.15) is 11.5 Å². The molecular weight excluding hydrogens is 379 g/mol. The minimum Gasteiger partial charge on any atom is -0.457 e. The molecule has 1 unspecified atom stereocenters. The molecular formula is C23H18F3NO2. The zero-order valence-electron chi connectivity index (χ0n) is 15.8. The minimum atomic E-state index is -4.41. The number of nitrogens with two attached hydrogens (primary N) is 1. The lowest BCUT2D eigenvalue weighted by atomic mass is 9.89. The van der Waals surface area contributed by atoms with Crippen molar-refractivity contribution in [3.8, 4) is 23.3 Å². The molecule has 3 aromatic rings. The lowest BCUT2D eigenvalue weighted by Gasteiger charge is -2.16. The number of benzene rings is 3. The van der Waals surface area contributed by atoms with Crippen molar-refractivity contribution < 1.29 is 22.7 Å². The van der Waals surface area contributed by atoms with Crippen molar-refractivity contribution in [1.82, 2.24) is 0 Å². The van der Waals surface area contributed by atoms with Crippen LogP contribution in [-0.4, -0.2) is 5.91 Å². The highest BCUT2D eigenvalue weighted by Gasteiger charge is 2.30. The van der Waals surface area contributed by atoms with E-state index in [1.54, 1.807) is 31.2 Å². The van der Waals surface area contributed by atoms with Crippen LogP contribution >= 0.6 is 0 Å². The topological polar surface area (TPSA) is 52.3 Å².